The fraction of sp³-hybridized carbons (Fsp3) is 0.588. The van der Waals surface area contributed by atoms with E-state index in [0.717, 1.165) is 19.3 Å². The van der Waals surface area contributed by atoms with Crippen molar-refractivity contribution < 1.29 is 26.8 Å². The summed E-state index contributed by atoms with van der Waals surface area (Å²) < 4.78 is 65.5. The zero-order chi connectivity index (χ0) is 17.9. The summed E-state index contributed by atoms with van der Waals surface area (Å²) in [6.45, 7) is 1.34. The summed E-state index contributed by atoms with van der Waals surface area (Å²) in [5.74, 6) is -9.95. The van der Waals surface area contributed by atoms with Gasteiger partial charge in [0.05, 0.1) is 5.56 Å². The van der Waals surface area contributed by atoms with Gasteiger partial charge in [-0.2, -0.15) is 0 Å². The number of halogens is 5. The molecule has 0 unspecified atom stereocenters. The maximum absolute atomic E-state index is 13.4. The second-order valence-corrected chi connectivity index (χ2v) is 5.52. The molecule has 0 radical (unpaired) electrons. The number of oxime groups is 1. The molecule has 0 aliphatic carbocycles. The molecule has 1 rings (SSSR count). The molecule has 0 aliphatic rings. The van der Waals surface area contributed by atoms with Crippen LogP contribution in [-0.4, -0.2) is 6.21 Å². The van der Waals surface area contributed by atoms with Gasteiger partial charge in [0.2, 0.25) is 5.82 Å². The zero-order valence-electron chi connectivity index (χ0n) is 13.7. The summed E-state index contributed by atoms with van der Waals surface area (Å²) in [4.78, 5) is 4.62. The molecule has 1 aromatic rings. The van der Waals surface area contributed by atoms with Crippen molar-refractivity contribution in [2.75, 3.05) is 0 Å². The highest BCUT2D eigenvalue weighted by molar-refractivity contribution is 5.56. The molecule has 0 amide bonds. The van der Waals surface area contributed by atoms with Gasteiger partial charge in [0.15, 0.2) is 23.3 Å². The molecule has 2 nitrogen and oxygen atoms in total. The van der Waals surface area contributed by atoms with Gasteiger partial charge in [-0.05, 0) is 12.8 Å². The molecule has 0 spiro atoms. The quantitative estimate of drug-likeness (QED) is 0.119. The van der Waals surface area contributed by atoms with Crippen molar-refractivity contribution in [3.63, 3.8) is 0 Å². The van der Waals surface area contributed by atoms with Crippen molar-refractivity contribution in [1.82, 2.24) is 0 Å². The second kappa shape index (κ2) is 11.0. The normalized spacial score (nSPS) is 11.4. The minimum absolute atomic E-state index is 0.630. The molecule has 0 atom stereocenters. The van der Waals surface area contributed by atoms with E-state index >= 15 is 0 Å². The third-order valence-electron chi connectivity index (χ3n) is 3.60. The van der Waals surface area contributed by atoms with Gasteiger partial charge < -0.3 is 4.84 Å². The van der Waals surface area contributed by atoms with Crippen LogP contribution in [0.15, 0.2) is 5.16 Å². The number of nitrogens with zero attached hydrogens (tertiary/aromatic N) is 1. The Balaban J connectivity index is 2.31. The molecule has 0 aromatic heterocycles. The molecule has 24 heavy (non-hydrogen) atoms. The lowest BCUT2D eigenvalue weighted by atomic mass is 10.1. The summed E-state index contributed by atoms with van der Waals surface area (Å²) >= 11 is 0. The van der Waals surface area contributed by atoms with Crippen molar-refractivity contribution in [3.05, 3.63) is 34.6 Å². The molecule has 0 saturated heterocycles. The average molecular weight is 351 g/mol. The highest BCUT2D eigenvalue weighted by Crippen LogP contribution is 2.23. The van der Waals surface area contributed by atoms with E-state index in [1.807, 2.05) is 0 Å². The molecule has 0 N–H and O–H groups in total. The Morgan fingerprint density at radius 1 is 0.750 bits per heavy atom. The predicted octanol–water partition coefficient (Wildman–Crippen LogP) is 6.03. The van der Waals surface area contributed by atoms with E-state index in [4.69, 9.17) is 0 Å². The highest BCUT2D eigenvalue weighted by atomic mass is 19.2. The van der Waals surface area contributed by atoms with Gasteiger partial charge in [0.1, 0.15) is 6.61 Å². The Kier molecular flexibility index (Phi) is 9.34. The fourth-order valence-corrected chi connectivity index (χ4v) is 2.18. The van der Waals surface area contributed by atoms with Crippen LogP contribution >= 0.6 is 0 Å². The number of unbranched alkanes of at least 4 members (excludes halogenated alkanes) is 7. The number of hydrogen-bond acceptors (Lipinski definition) is 2. The third-order valence-corrected chi connectivity index (χ3v) is 3.60. The van der Waals surface area contributed by atoms with Crippen molar-refractivity contribution in [2.45, 2.75) is 64.9 Å². The molecule has 0 heterocycles. The smallest absolute Gasteiger partial charge is 0.200 e. The van der Waals surface area contributed by atoms with Crippen LogP contribution in [0.25, 0.3) is 0 Å². The minimum Gasteiger partial charge on any atom is -0.391 e. The summed E-state index contributed by atoms with van der Waals surface area (Å²) in [6.07, 6.45) is 10.0. The zero-order valence-corrected chi connectivity index (χ0v) is 13.7. The number of hydrogen-bond donors (Lipinski definition) is 0. The van der Waals surface area contributed by atoms with Gasteiger partial charge in [-0.1, -0.05) is 50.6 Å². The van der Waals surface area contributed by atoms with E-state index in [2.05, 4.69) is 16.9 Å². The van der Waals surface area contributed by atoms with E-state index in [1.165, 1.54) is 31.9 Å². The first-order chi connectivity index (χ1) is 11.5. The Labute approximate surface area is 138 Å². The first-order valence-electron chi connectivity index (χ1n) is 8.14. The van der Waals surface area contributed by atoms with Crippen LogP contribution in [0.4, 0.5) is 22.0 Å². The molecular weight excluding hydrogens is 329 g/mol. The van der Waals surface area contributed by atoms with Crippen molar-refractivity contribution in [2.24, 2.45) is 5.16 Å². The molecule has 0 bridgehead atoms. The first kappa shape index (κ1) is 20.4. The summed E-state index contributed by atoms with van der Waals surface area (Å²) in [5, 5.41) is 3.48. The average Bonchev–Trinajstić information content (AvgIpc) is 2.58. The van der Waals surface area contributed by atoms with E-state index in [9.17, 15) is 22.0 Å². The van der Waals surface area contributed by atoms with Crippen molar-refractivity contribution in [1.29, 1.82) is 0 Å². The maximum atomic E-state index is 13.4. The van der Waals surface area contributed by atoms with Crippen LogP contribution in [0.1, 0.15) is 63.9 Å². The number of benzene rings is 1. The van der Waals surface area contributed by atoms with Gasteiger partial charge >= 0.3 is 0 Å². The van der Waals surface area contributed by atoms with E-state index in [-0.39, 0.29) is 0 Å². The minimum atomic E-state index is -2.18. The monoisotopic (exact) mass is 351 g/mol. The van der Waals surface area contributed by atoms with E-state index < -0.39 is 41.3 Å². The topological polar surface area (TPSA) is 21.6 Å². The van der Waals surface area contributed by atoms with Crippen LogP contribution < -0.4 is 0 Å². The fourth-order valence-electron chi connectivity index (χ4n) is 2.18. The second-order valence-electron chi connectivity index (χ2n) is 5.52. The molecular formula is C17H22F5NO. The van der Waals surface area contributed by atoms with E-state index in [1.54, 1.807) is 0 Å². The van der Waals surface area contributed by atoms with Crippen LogP contribution in [0, 0.1) is 29.1 Å². The van der Waals surface area contributed by atoms with Crippen molar-refractivity contribution in [3.8, 4) is 0 Å². The molecule has 0 aliphatic heterocycles. The van der Waals surface area contributed by atoms with E-state index in [0.29, 0.717) is 6.42 Å². The summed E-state index contributed by atoms with van der Waals surface area (Å²) in [5.41, 5.74) is -1.03. The Hall–Kier alpha value is -1.66. The van der Waals surface area contributed by atoms with Gasteiger partial charge in [-0.15, -0.1) is 0 Å². The standard InChI is InChI=1S/C17H22F5NO/c1-2-3-4-5-6-7-8-9-10-23-24-11-12-13(18)15(20)17(22)16(21)14(12)19/h10H,2-9,11H2,1H3/b23-10+. The lowest BCUT2D eigenvalue weighted by molar-refractivity contribution is 0.124. The lowest BCUT2D eigenvalue weighted by Gasteiger charge is -2.06. The molecule has 0 fully saturated rings. The molecule has 7 heteroatoms. The molecule has 0 saturated carbocycles. The largest absolute Gasteiger partial charge is 0.391 e. The van der Waals surface area contributed by atoms with Gasteiger partial charge in [-0.3, -0.25) is 0 Å². The van der Waals surface area contributed by atoms with Crippen LogP contribution in [-0.2, 0) is 11.4 Å². The summed E-state index contributed by atoms with van der Waals surface area (Å²) in [7, 11) is 0. The maximum Gasteiger partial charge on any atom is 0.200 e. The van der Waals surface area contributed by atoms with Gasteiger partial charge in [0, 0.05) is 6.21 Å². The van der Waals surface area contributed by atoms with Crippen molar-refractivity contribution >= 4 is 6.21 Å². The van der Waals surface area contributed by atoms with Crippen LogP contribution in [0.2, 0.25) is 0 Å². The Morgan fingerprint density at radius 3 is 1.83 bits per heavy atom. The first-order valence-corrected chi connectivity index (χ1v) is 8.14. The van der Waals surface area contributed by atoms with Gasteiger partial charge in [-0.25, -0.2) is 22.0 Å². The Bertz CT molecular complexity index is 519. The predicted molar refractivity (Wildman–Crippen MR) is 82.1 cm³/mol. The molecule has 136 valence electrons. The third kappa shape index (κ3) is 6.09. The van der Waals surface area contributed by atoms with Crippen LogP contribution in [0.5, 0.6) is 0 Å². The molecule has 1 aromatic carbocycles. The number of rotatable bonds is 11. The lowest BCUT2D eigenvalue weighted by Crippen LogP contribution is -2.07. The SMILES string of the molecule is CCCCCCCCC/C=N/OCc1c(F)c(F)c(F)c(F)c1F. The highest BCUT2D eigenvalue weighted by Gasteiger charge is 2.25. The van der Waals surface area contributed by atoms with Gasteiger partial charge in [0.25, 0.3) is 0 Å². The van der Waals surface area contributed by atoms with Crippen LogP contribution in [0.3, 0.4) is 0 Å². The summed E-state index contributed by atoms with van der Waals surface area (Å²) in [6, 6.07) is 0. The Morgan fingerprint density at radius 2 is 1.25 bits per heavy atom.